The van der Waals surface area contributed by atoms with Crippen molar-refractivity contribution in [1.82, 2.24) is 0 Å². The minimum atomic E-state index is 0.810. The molecule has 0 aromatic carbocycles. The van der Waals surface area contributed by atoms with Gasteiger partial charge in [0.05, 0.1) is 12.9 Å². The van der Waals surface area contributed by atoms with Crippen LogP contribution in [0.15, 0.2) is 12.3 Å². The molecule has 0 aromatic heterocycles. The van der Waals surface area contributed by atoms with Gasteiger partial charge in [-0.3, -0.25) is 0 Å². The number of hydrogen-bond donors (Lipinski definition) is 0. The van der Waals surface area contributed by atoms with Crippen LogP contribution in [0.1, 0.15) is 71.1 Å². The molecular formula is C15H28O. The van der Waals surface area contributed by atoms with E-state index in [2.05, 4.69) is 13.0 Å². The maximum Gasteiger partial charge on any atom is 0.0901 e. The number of rotatable bonds is 5. The van der Waals surface area contributed by atoms with Gasteiger partial charge in [0, 0.05) is 0 Å². The van der Waals surface area contributed by atoms with E-state index in [-0.39, 0.29) is 0 Å². The first-order chi connectivity index (χ1) is 7.93. The third-order valence-electron chi connectivity index (χ3n) is 3.45. The zero-order valence-corrected chi connectivity index (χ0v) is 10.9. The Morgan fingerprint density at radius 3 is 2.25 bits per heavy atom. The smallest absolute Gasteiger partial charge is 0.0901 e. The third kappa shape index (κ3) is 6.92. The molecule has 1 rings (SSSR count). The monoisotopic (exact) mass is 224 g/mol. The van der Waals surface area contributed by atoms with Gasteiger partial charge in [0.2, 0.25) is 0 Å². The van der Waals surface area contributed by atoms with Crippen LogP contribution in [0.25, 0.3) is 0 Å². The topological polar surface area (TPSA) is 9.23 Å². The maximum absolute atomic E-state index is 5.63. The van der Waals surface area contributed by atoms with E-state index in [9.17, 15) is 0 Å². The van der Waals surface area contributed by atoms with Gasteiger partial charge in [-0.05, 0) is 31.3 Å². The molecule has 0 aliphatic heterocycles. The Morgan fingerprint density at radius 1 is 1.00 bits per heavy atom. The molecule has 0 saturated heterocycles. The molecule has 1 fully saturated rings. The van der Waals surface area contributed by atoms with Gasteiger partial charge >= 0.3 is 0 Å². The Morgan fingerprint density at radius 2 is 1.62 bits per heavy atom. The highest BCUT2D eigenvalue weighted by Gasteiger charge is 2.10. The fourth-order valence-electron chi connectivity index (χ4n) is 2.38. The summed E-state index contributed by atoms with van der Waals surface area (Å²) in [5.41, 5.74) is 0. The Kier molecular flexibility index (Phi) is 8.28. The van der Waals surface area contributed by atoms with E-state index in [4.69, 9.17) is 4.74 Å². The lowest BCUT2D eigenvalue weighted by Crippen LogP contribution is -2.07. The van der Waals surface area contributed by atoms with Crippen molar-refractivity contribution in [2.24, 2.45) is 5.92 Å². The molecular weight excluding hydrogens is 196 g/mol. The normalized spacial score (nSPS) is 20.3. The van der Waals surface area contributed by atoms with Crippen molar-refractivity contribution in [2.45, 2.75) is 71.1 Å². The van der Waals surface area contributed by atoms with Crippen molar-refractivity contribution in [3.63, 3.8) is 0 Å². The molecule has 16 heavy (non-hydrogen) atoms. The maximum atomic E-state index is 5.63. The number of ether oxygens (including phenoxy) is 1. The highest BCUT2D eigenvalue weighted by atomic mass is 16.5. The summed E-state index contributed by atoms with van der Waals surface area (Å²) in [6.45, 7) is 3.14. The highest BCUT2D eigenvalue weighted by molar-refractivity contribution is 4.73. The van der Waals surface area contributed by atoms with Gasteiger partial charge in [0.1, 0.15) is 0 Å². The summed E-state index contributed by atoms with van der Waals surface area (Å²) in [6, 6.07) is 0. The summed E-state index contributed by atoms with van der Waals surface area (Å²) in [5.74, 6) is 0.810. The second-order valence-corrected chi connectivity index (χ2v) is 5.06. The van der Waals surface area contributed by atoms with Crippen molar-refractivity contribution >= 4 is 0 Å². The van der Waals surface area contributed by atoms with Gasteiger partial charge in [0.25, 0.3) is 0 Å². The SMILES string of the molecule is CCCC=COCC1CCCCCCCC1. The van der Waals surface area contributed by atoms with Crippen molar-refractivity contribution in [2.75, 3.05) is 6.61 Å². The highest BCUT2D eigenvalue weighted by Crippen LogP contribution is 2.22. The van der Waals surface area contributed by atoms with Gasteiger partial charge in [-0.15, -0.1) is 0 Å². The molecule has 0 N–H and O–H groups in total. The summed E-state index contributed by atoms with van der Waals surface area (Å²) >= 11 is 0. The first-order valence-electron chi connectivity index (χ1n) is 7.20. The van der Waals surface area contributed by atoms with Crippen LogP contribution in [0.5, 0.6) is 0 Å². The predicted molar refractivity (Wildman–Crippen MR) is 70.4 cm³/mol. The van der Waals surface area contributed by atoms with E-state index >= 15 is 0 Å². The van der Waals surface area contributed by atoms with E-state index in [0.29, 0.717) is 0 Å². The quantitative estimate of drug-likeness (QED) is 0.593. The van der Waals surface area contributed by atoms with Crippen LogP contribution in [0.4, 0.5) is 0 Å². The average molecular weight is 224 g/mol. The molecule has 1 aliphatic rings. The molecule has 0 unspecified atom stereocenters. The standard InChI is InChI=1S/C15H28O/c1-2-3-10-13-16-14-15-11-8-6-4-5-7-9-12-15/h10,13,15H,2-9,11-12,14H2,1H3. The molecule has 1 aliphatic carbocycles. The second-order valence-electron chi connectivity index (χ2n) is 5.06. The number of unbranched alkanes of at least 4 members (excludes halogenated alkanes) is 1. The van der Waals surface area contributed by atoms with Gasteiger partial charge in [-0.2, -0.15) is 0 Å². The van der Waals surface area contributed by atoms with E-state index in [0.717, 1.165) is 18.9 Å². The number of hydrogen-bond acceptors (Lipinski definition) is 1. The van der Waals surface area contributed by atoms with Crippen LogP contribution >= 0.6 is 0 Å². The van der Waals surface area contributed by atoms with Crippen LogP contribution in [-0.2, 0) is 4.74 Å². The number of allylic oxidation sites excluding steroid dienone is 1. The molecule has 0 bridgehead atoms. The Bertz CT molecular complexity index is 164. The Hall–Kier alpha value is -0.460. The minimum Gasteiger partial charge on any atom is -0.501 e. The summed E-state index contributed by atoms with van der Waals surface area (Å²) < 4.78 is 5.63. The molecule has 1 saturated carbocycles. The van der Waals surface area contributed by atoms with Crippen LogP contribution in [0.3, 0.4) is 0 Å². The average Bonchev–Trinajstić information content (AvgIpc) is 2.42. The largest absolute Gasteiger partial charge is 0.501 e. The van der Waals surface area contributed by atoms with E-state index in [1.165, 1.54) is 57.8 Å². The zero-order chi connectivity index (χ0) is 11.5. The van der Waals surface area contributed by atoms with Crippen molar-refractivity contribution in [3.05, 3.63) is 12.3 Å². The minimum absolute atomic E-state index is 0.810. The molecule has 0 radical (unpaired) electrons. The molecule has 94 valence electrons. The molecule has 0 spiro atoms. The molecule has 0 amide bonds. The molecule has 0 heterocycles. The Balaban J connectivity index is 2.12. The van der Waals surface area contributed by atoms with Crippen LogP contribution in [0, 0.1) is 5.92 Å². The fraction of sp³-hybridized carbons (Fsp3) is 0.867. The van der Waals surface area contributed by atoms with Crippen LogP contribution in [0.2, 0.25) is 0 Å². The third-order valence-corrected chi connectivity index (χ3v) is 3.45. The van der Waals surface area contributed by atoms with Crippen molar-refractivity contribution in [3.8, 4) is 0 Å². The predicted octanol–water partition coefficient (Wildman–Crippen LogP) is 5.07. The van der Waals surface area contributed by atoms with Crippen molar-refractivity contribution in [1.29, 1.82) is 0 Å². The fourth-order valence-corrected chi connectivity index (χ4v) is 2.38. The van der Waals surface area contributed by atoms with E-state index in [1.54, 1.807) is 0 Å². The molecule has 0 atom stereocenters. The van der Waals surface area contributed by atoms with Gasteiger partial charge < -0.3 is 4.74 Å². The van der Waals surface area contributed by atoms with Crippen LogP contribution < -0.4 is 0 Å². The lowest BCUT2D eigenvalue weighted by Gasteiger charge is -2.14. The first kappa shape index (κ1) is 13.6. The van der Waals surface area contributed by atoms with Gasteiger partial charge in [0.15, 0.2) is 0 Å². The molecule has 0 aromatic rings. The van der Waals surface area contributed by atoms with Crippen molar-refractivity contribution < 1.29 is 4.74 Å². The lowest BCUT2D eigenvalue weighted by atomic mass is 9.98. The summed E-state index contributed by atoms with van der Waals surface area (Å²) in [6.07, 6.45) is 17.8. The molecule has 1 nitrogen and oxygen atoms in total. The van der Waals surface area contributed by atoms with Gasteiger partial charge in [-0.1, -0.05) is 51.9 Å². The van der Waals surface area contributed by atoms with Gasteiger partial charge in [-0.25, -0.2) is 0 Å². The lowest BCUT2D eigenvalue weighted by molar-refractivity contribution is 0.178. The van der Waals surface area contributed by atoms with E-state index < -0.39 is 0 Å². The molecule has 1 heteroatoms. The summed E-state index contributed by atoms with van der Waals surface area (Å²) in [4.78, 5) is 0. The first-order valence-corrected chi connectivity index (χ1v) is 7.20. The summed E-state index contributed by atoms with van der Waals surface area (Å²) in [5, 5.41) is 0. The zero-order valence-electron chi connectivity index (χ0n) is 10.9. The Labute approximate surface area is 101 Å². The summed E-state index contributed by atoms with van der Waals surface area (Å²) in [7, 11) is 0. The van der Waals surface area contributed by atoms with Crippen LogP contribution in [-0.4, -0.2) is 6.61 Å². The van der Waals surface area contributed by atoms with E-state index in [1.807, 2.05) is 6.26 Å². The second kappa shape index (κ2) is 9.74.